The van der Waals surface area contributed by atoms with Gasteiger partial charge in [-0.1, -0.05) is 0 Å². The van der Waals surface area contributed by atoms with Crippen LogP contribution in [0.4, 0.5) is 17.6 Å². The van der Waals surface area contributed by atoms with Gasteiger partial charge in [0.15, 0.2) is 0 Å². The Labute approximate surface area is 209 Å². The Balaban J connectivity index is 1.31. The average molecular weight is 536 g/mol. The lowest BCUT2D eigenvalue weighted by atomic mass is 10.1. The number of rotatable bonds is 6. The van der Waals surface area contributed by atoms with Gasteiger partial charge in [0.2, 0.25) is 21.8 Å². The topological polar surface area (TPSA) is 105 Å². The van der Waals surface area contributed by atoms with Gasteiger partial charge >= 0.3 is 6.18 Å². The largest absolute Gasteiger partial charge is 0.451 e. The van der Waals surface area contributed by atoms with Crippen molar-refractivity contribution in [3.05, 3.63) is 72.2 Å². The SMILES string of the molecule is CC12C[C@H]1C[C@@H](C(=O)NCc1ccnc(-c3cnc(C(F)(F)F)nc3)c1)N2S(=O)(=O)c1ccc(F)cc1. The highest BCUT2D eigenvalue weighted by atomic mass is 32.2. The number of aromatic nitrogens is 3. The number of sulfonamides is 1. The third-order valence-corrected chi connectivity index (χ3v) is 8.90. The minimum Gasteiger partial charge on any atom is -0.351 e. The van der Waals surface area contributed by atoms with Gasteiger partial charge in [-0.15, -0.1) is 0 Å². The molecular weight excluding hydrogens is 514 g/mol. The quantitative estimate of drug-likeness (QED) is 0.484. The fourth-order valence-corrected chi connectivity index (χ4v) is 6.80. The van der Waals surface area contributed by atoms with E-state index >= 15 is 0 Å². The maximum absolute atomic E-state index is 13.4. The maximum Gasteiger partial charge on any atom is 0.451 e. The molecule has 3 aromatic rings. The van der Waals surface area contributed by atoms with Crippen molar-refractivity contribution in [3.8, 4) is 11.3 Å². The minimum absolute atomic E-state index is 0.0398. The van der Waals surface area contributed by atoms with Crippen molar-refractivity contribution in [1.29, 1.82) is 0 Å². The van der Waals surface area contributed by atoms with Crippen LogP contribution in [0.3, 0.4) is 0 Å². The van der Waals surface area contributed by atoms with Gasteiger partial charge in [0, 0.05) is 36.2 Å². The highest BCUT2D eigenvalue weighted by Gasteiger charge is 2.67. The summed E-state index contributed by atoms with van der Waals surface area (Å²) in [5, 5.41) is 2.76. The third kappa shape index (κ3) is 4.68. The van der Waals surface area contributed by atoms with Crippen LogP contribution < -0.4 is 5.32 Å². The number of benzene rings is 1. The Morgan fingerprint density at radius 1 is 1.14 bits per heavy atom. The third-order valence-electron chi connectivity index (χ3n) is 6.84. The molecule has 0 radical (unpaired) electrons. The summed E-state index contributed by atoms with van der Waals surface area (Å²) < 4.78 is 79.5. The second-order valence-electron chi connectivity index (χ2n) is 9.32. The lowest BCUT2D eigenvalue weighted by molar-refractivity contribution is -0.145. The Bertz CT molecular complexity index is 1450. The molecule has 1 aliphatic heterocycles. The predicted molar refractivity (Wildman–Crippen MR) is 122 cm³/mol. The van der Waals surface area contributed by atoms with Crippen LogP contribution in [0, 0.1) is 11.7 Å². The number of carbonyl (C=O) groups is 1. The molecule has 3 atom stereocenters. The zero-order valence-corrected chi connectivity index (χ0v) is 20.2. The van der Waals surface area contributed by atoms with Crippen LogP contribution in [0.25, 0.3) is 11.3 Å². The molecule has 2 aliphatic rings. The van der Waals surface area contributed by atoms with Crippen LogP contribution >= 0.6 is 0 Å². The van der Waals surface area contributed by atoms with Crippen molar-refractivity contribution < 1.29 is 30.8 Å². The highest BCUT2D eigenvalue weighted by molar-refractivity contribution is 7.89. The second kappa shape index (κ2) is 8.84. The van der Waals surface area contributed by atoms with E-state index < -0.39 is 45.3 Å². The van der Waals surface area contributed by atoms with Gasteiger partial charge in [-0.25, -0.2) is 22.8 Å². The molecular formula is C24H21F4N5O3S. The lowest BCUT2D eigenvalue weighted by Crippen LogP contribution is -2.50. The molecule has 1 aliphatic carbocycles. The summed E-state index contributed by atoms with van der Waals surface area (Å²) in [6.07, 6.45) is -0.179. The predicted octanol–water partition coefficient (Wildman–Crippen LogP) is 3.55. The molecule has 2 aromatic heterocycles. The Hall–Kier alpha value is -3.45. The van der Waals surface area contributed by atoms with E-state index in [1.807, 2.05) is 0 Å². The van der Waals surface area contributed by atoms with E-state index in [1.165, 1.54) is 22.6 Å². The number of piperidine rings is 1. The van der Waals surface area contributed by atoms with Crippen LogP contribution in [0.1, 0.15) is 31.2 Å². The van der Waals surface area contributed by atoms with Crippen molar-refractivity contribution in [2.45, 2.75) is 49.0 Å². The summed E-state index contributed by atoms with van der Waals surface area (Å²) in [5.74, 6) is -2.26. The fourth-order valence-electron chi connectivity index (χ4n) is 4.80. The summed E-state index contributed by atoms with van der Waals surface area (Å²) >= 11 is 0. The van der Waals surface area contributed by atoms with Gasteiger partial charge in [-0.05, 0) is 67.6 Å². The van der Waals surface area contributed by atoms with Gasteiger partial charge in [0.05, 0.1) is 10.6 Å². The Morgan fingerprint density at radius 2 is 1.81 bits per heavy atom. The summed E-state index contributed by atoms with van der Waals surface area (Å²) in [5.41, 5.74) is 0.500. The number of alkyl halides is 3. The van der Waals surface area contributed by atoms with E-state index in [1.54, 1.807) is 19.1 Å². The highest BCUT2D eigenvalue weighted by Crippen LogP contribution is 2.59. The van der Waals surface area contributed by atoms with Crippen molar-refractivity contribution in [2.75, 3.05) is 0 Å². The second-order valence-corrected chi connectivity index (χ2v) is 11.1. The molecule has 1 saturated heterocycles. The van der Waals surface area contributed by atoms with Gasteiger partial charge < -0.3 is 5.32 Å². The Kier molecular flexibility index (Phi) is 6.02. The number of hydrogen-bond acceptors (Lipinski definition) is 6. The van der Waals surface area contributed by atoms with Crippen LogP contribution in [0.2, 0.25) is 0 Å². The number of fused-ring (bicyclic) bond motifs is 1. The molecule has 194 valence electrons. The first-order chi connectivity index (χ1) is 17.4. The summed E-state index contributed by atoms with van der Waals surface area (Å²) in [6.45, 7) is 1.84. The zero-order valence-electron chi connectivity index (χ0n) is 19.4. The van der Waals surface area contributed by atoms with Gasteiger partial charge in [-0.3, -0.25) is 9.78 Å². The van der Waals surface area contributed by atoms with Crippen LogP contribution in [-0.2, 0) is 27.5 Å². The van der Waals surface area contributed by atoms with Gasteiger partial charge in [-0.2, -0.15) is 17.5 Å². The number of amides is 1. The van der Waals surface area contributed by atoms with Crippen molar-refractivity contribution in [1.82, 2.24) is 24.6 Å². The molecule has 1 aromatic carbocycles. The monoisotopic (exact) mass is 535 g/mol. The molecule has 2 fully saturated rings. The standard InChI is InChI=1S/C24H21F4N5O3S/c1-23-10-16(23)9-20(33(23)37(35,36)18-4-2-17(25)3-5-18)21(34)30-11-14-6-7-29-19(8-14)15-12-31-22(32-13-15)24(26,27)28/h2-8,12-13,16,20H,9-11H2,1H3,(H,30,34)/t16-,20+,23?/m1/s1. The van der Waals surface area contributed by atoms with E-state index in [0.717, 1.165) is 24.5 Å². The normalized spacial score (nSPS) is 23.5. The molecule has 0 bridgehead atoms. The number of nitrogens with one attached hydrogen (secondary N) is 1. The molecule has 8 nitrogen and oxygen atoms in total. The first-order valence-corrected chi connectivity index (χ1v) is 12.8. The molecule has 13 heteroatoms. The Morgan fingerprint density at radius 3 is 2.46 bits per heavy atom. The summed E-state index contributed by atoms with van der Waals surface area (Å²) in [6, 6.07) is 6.76. The van der Waals surface area contributed by atoms with Crippen LogP contribution in [-0.4, -0.2) is 45.2 Å². The molecule has 1 amide bonds. The summed E-state index contributed by atoms with van der Waals surface area (Å²) in [4.78, 5) is 23.8. The number of nitrogens with zero attached hydrogens (tertiary/aromatic N) is 4. The van der Waals surface area contributed by atoms with Crippen LogP contribution in [0.5, 0.6) is 0 Å². The maximum atomic E-state index is 13.4. The molecule has 1 saturated carbocycles. The van der Waals surface area contributed by atoms with Crippen molar-refractivity contribution in [3.63, 3.8) is 0 Å². The average Bonchev–Trinajstić information content (AvgIpc) is 3.41. The molecule has 1 unspecified atom stereocenters. The van der Waals surface area contributed by atoms with E-state index in [-0.39, 0.29) is 22.9 Å². The van der Waals surface area contributed by atoms with E-state index in [0.29, 0.717) is 24.1 Å². The summed E-state index contributed by atoms with van der Waals surface area (Å²) in [7, 11) is -4.05. The molecule has 1 N–H and O–H groups in total. The number of carbonyl (C=O) groups excluding carboxylic acids is 1. The first kappa shape index (κ1) is 25.2. The first-order valence-electron chi connectivity index (χ1n) is 11.3. The molecule has 5 rings (SSSR count). The van der Waals surface area contributed by atoms with E-state index in [4.69, 9.17) is 0 Å². The fraction of sp³-hybridized carbons (Fsp3) is 0.333. The van der Waals surface area contributed by atoms with Crippen LogP contribution in [0.15, 0.2) is 59.9 Å². The number of halogens is 4. The smallest absolute Gasteiger partial charge is 0.351 e. The minimum atomic E-state index is -4.66. The number of hydrogen-bond donors (Lipinski definition) is 1. The molecule has 0 spiro atoms. The van der Waals surface area contributed by atoms with E-state index in [2.05, 4.69) is 20.3 Å². The van der Waals surface area contributed by atoms with Crippen molar-refractivity contribution >= 4 is 15.9 Å². The lowest BCUT2D eigenvalue weighted by Gasteiger charge is -2.30. The molecule has 37 heavy (non-hydrogen) atoms. The van der Waals surface area contributed by atoms with Gasteiger partial charge in [0.25, 0.3) is 0 Å². The van der Waals surface area contributed by atoms with E-state index in [9.17, 15) is 30.8 Å². The zero-order chi connectivity index (χ0) is 26.6. The number of pyridine rings is 1. The van der Waals surface area contributed by atoms with Crippen molar-refractivity contribution in [2.24, 2.45) is 5.92 Å². The van der Waals surface area contributed by atoms with Gasteiger partial charge in [0.1, 0.15) is 11.9 Å². The molecule has 3 heterocycles.